The van der Waals surface area contributed by atoms with Crippen LogP contribution in [0, 0.1) is 0 Å². The molecule has 0 aromatic heterocycles. The number of anilines is 1. The number of nitrogens with zero attached hydrogens (tertiary/aromatic N) is 2. The topological polar surface area (TPSA) is 6.48 Å². The summed E-state index contributed by atoms with van der Waals surface area (Å²) in [7, 11) is 2.21. The maximum absolute atomic E-state index is 2.48. The Morgan fingerprint density at radius 1 is 1.19 bits per heavy atom. The third-order valence-corrected chi connectivity index (χ3v) is 3.81. The van der Waals surface area contributed by atoms with Gasteiger partial charge >= 0.3 is 0 Å². The molecule has 0 bridgehead atoms. The van der Waals surface area contributed by atoms with Crippen molar-refractivity contribution < 1.29 is 0 Å². The zero-order valence-corrected chi connectivity index (χ0v) is 10.8. The van der Waals surface area contributed by atoms with E-state index in [0.29, 0.717) is 11.6 Å². The van der Waals surface area contributed by atoms with Gasteiger partial charge in [0.1, 0.15) is 0 Å². The van der Waals surface area contributed by atoms with Crippen molar-refractivity contribution in [1.82, 2.24) is 4.90 Å². The van der Waals surface area contributed by atoms with E-state index in [2.05, 4.69) is 68.0 Å². The average molecular weight is 218 g/mol. The molecule has 1 aliphatic heterocycles. The summed E-state index contributed by atoms with van der Waals surface area (Å²) in [6.07, 6.45) is 1.21. The SMILES string of the molecule is CC1CC(C)(C)N(C)CN1c1ccccc1. The minimum absolute atomic E-state index is 0.310. The molecule has 1 saturated heterocycles. The Hall–Kier alpha value is -1.02. The second-order valence-electron chi connectivity index (χ2n) is 5.51. The largest absolute Gasteiger partial charge is 0.356 e. The van der Waals surface area contributed by atoms with Crippen molar-refractivity contribution in [2.24, 2.45) is 0 Å². The molecular formula is C14H22N2. The number of hydrogen-bond acceptors (Lipinski definition) is 2. The van der Waals surface area contributed by atoms with Crippen molar-refractivity contribution in [1.29, 1.82) is 0 Å². The highest BCUT2D eigenvalue weighted by molar-refractivity contribution is 5.47. The second kappa shape index (κ2) is 4.10. The molecule has 0 saturated carbocycles. The van der Waals surface area contributed by atoms with Crippen LogP contribution >= 0.6 is 0 Å². The van der Waals surface area contributed by atoms with Gasteiger partial charge in [0, 0.05) is 17.3 Å². The van der Waals surface area contributed by atoms with Gasteiger partial charge in [-0.25, -0.2) is 0 Å². The lowest BCUT2D eigenvalue weighted by Crippen LogP contribution is -2.57. The number of para-hydroxylation sites is 1. The molecule has 1 atom stereocenters. The van der Waals surface area contributed by atoms with Crippen LogP contribution in [-0.4, -0.2) is 30.2 Å². The second-order valence-corrected chi connectivity index (χ2v) is 5.51. The van der Waals surface area contributed by atoms with E-state index < -0.39 is 0 Å². The van der Waals surface area contributed by atoms with Gasteiger partial charge in [-0.3, -0.25) is 4.90 Å². The van der Waals surface area contributed by atoms with E-state index in [9.17, 15) is 0 Å². The highest BCUT2D eigenvalue weighted by Gasteiger charge is 2.34. The monoisotopic (exact) mass is 218 g/mol. The molecule has 0 N–H and O–H groups in total. The highest BCUT2D eigenvalue weighted by Crippen LogP contribution is 2.30. The molecular weight excluding hydrogens is 196 g/mol. The van der Waals surface area contributed by atoms with E-state index in [1.165, 1.54) is 12.1 Å². The smallest absolute Gasteiger partial charge is 0.0712 e. The molecule has 0 radical (unpaired) electrons. The molecule has 1 aliphatic rings. The lowest BCUT2D eigenvalue weighted by molar-refractivity contribution is 0.0999. The standard InChI is InChI=1S/C14H22N2/c1-12-10-14(2,3)15(4)11-16(12)13-8-6-5-7-9-13/h5-9,12H,10-11H2,1-4H3. The predicted octanol–water partition coefficient (Wildman–Crippen LogP) is 2.95. The Bertz CT molecular complexity index is 345. The van der Waals surface area contributed by atoms with Crippen molar-refractivity contribution in [3.05, 3.63) is 30.3 Å². The van der Waals surface area contributed by atoms with Gasteiger partial charge in [0.2, 0.25) is 0 Å². The Labute approximate surface area is 98.9 Å². The molecule has 16 heavy (non-hydrogen) atoms. The summed E-state index contributed by atoms with van der Waals surface area (Å²) in [6.45, 7) is 7.98. The average Bonchev–Trinajstić information content (AvgIpc) is 2.24. The molecule has 88 valence electrons. The van der Waals surface area contributed by atoms with E-state index in [0.717, 1.165) is 6.67 Å². The van der Waals surface area contributed by atoms with Crippen LogP contribution in [0.3, 0.4) is 0 Å². The molecule has 0 amide bonds. The zero-order valence-electron chi connectivity index (χ0n) is 10.8. The van der Waals surface area contributed by atoms with Gasteiger partial charge in [-0.2, -0.15) is 0 Å². The van der Waals surface area contributed by atoms with Gasteiger partial charge in [-0.05, 0) is 46.4 Å². The first-order valence-electron chi connectivity index (χ1n) is 6.03. The third kappa shape index (κ3) is 2.07. The van der Waals surface area contributed by atoms with E-state index in [1.807, 2.05) is 0 Å². The van der Waals surface area contributed by atoms with Crippen LogP contribution in [0.2, 0.25) is 0 Å². The molecule has 1 heterocycles. The van der Waals surface area contributed by atoms with E-state index in [-0.39, 0.29) is 0 Å². The van der Waals surface area contributed by atoms with Gasteiger partial charge in [0.25, 0.3) is 0 Å². The Kier molecular flexibility index (Phi) is 2.94. The Morgan fingerprint density at radius 2 is 1.81 bits per heavy atom. The molecule has 1 aromatic rings. The van der Waals surface area contributed by atoms with Crippen LogP contribution in [0.1, 0.15) is 27.2 Å². The third-order valence-electron chi connectivity index (χ3n) is 3.81. The van der Waals surface area contributed by atoms with E-state index in [4.69, 9.17) is 0 Å². The van der Waals surface area contributed by atoms with Crippen molar-refractivity contribution in [3.8, 4) is 0 Å². The van der Waals surface area contributed by atoms with E-state index >= 15 is 0 Å². The summed E-state index contributed by atoms with van der Waals surface area (Å²) < 4.78 is 0. The fourth-order valence-corrected chi connectivity index (χ4v) is 2.50. The minimum atomic E-state index is 0.310. The maximum atomic E-state index is 2.48. The molecule has 1 unspecified atom stereocenters. The summed E-state index contributed by atoms with van der Waals surface area (Å²) in [5.41, 5.74) is 1.64. The van der Waals surface area contributed by atoms with Crippen LogP contribution in [0.15, 0.2) is 30.3 Å². The molecule has 2 rings (SSSR count). The molecule has 1 fully saturated rings. The van der Waals surface area contributed by atoms with Gasteiger partial charge < -0.3 is 4.90 Å². The molecule has 0 aliphatic carbocycles. The zero-order chi connectivity index (χ0) is 11.8. The molecule has 1 aromatic carbocycles. The number of hydrogen-bond donors (Lipinski definition) is 0. The highest BCUT2D eigenvalue weighted by atomic mass is 15.4. The van der Waals surface area contributed by atoms with Crippen molar-refractivity contribution >= 4 is 5.69 Å². The summed E-state index contributed by atoms with van der Waals surface area (Å²) in [5.74, 6) is 0. The van der Waals surface area contributed by atoms with Crippen LogP contribution < -0.4 is 4.90 Å². The Balaban J connectivity index is 2.19. The maximum Gasteiger partial charge on any atom is 0.0712 e. The van der Waals surface area contributed by atoms with Crippen LogP contribution in [0.25, 0.3) is 0 Å². The Morgan fingerprint density at radius 3 is 2.44 bits per heavy atom. The quantitative estimate of drug-likeness (QED) is 0.715. The summed E-state index contributed by atoms with van der Waals surface area (Å²) in [5, 5.41) is 0. The van der Waals surface area contributed by atoms with Gasteiger partial charge in [-0.15, -0.1) is 0 Å². The van der Waals surface area contributed by atoms with Gasteiger partial charge in [0.15, 0.2) is 0 Å². The van der Waals surface area contributed by atoms with Crippen LogP contribution in [0.4, 0.5) is 5.69 Å². The van der Waals surface area contributed by atoms with E-state index in [1.54, 1.807) is 0 Å². The van der Waals surface area contributed by atoms with Crippen molar-refractivity contribution in [3.63, 3.8) is 0 Å². The summed E-state index contributed by atoms with van der Waals surface area (Å²) in [4.78, 5) is 4.91. The first kappa shape index (κ1) is 11.5. The molecule has 2 nitrogen and oxygen atoms in total. The van der Waals surface area contributed by atoms with Gasteiger partial charge in [0.05, 0.1) is 6.67 Å². The fourth-order valence-electron chi connectivity index (χ4n) is 2.50. The van der Waals surface area contributed by atoms with Crippen molar-refractivity contribution in [2.75, 3.05) is 18.6 Å². The first-order chi connectivity index (χ1) is 7.50. The van der Waals surface area contributed by atoms with Crippen molar-refractivity contribution in [2.45, 2.75) is 38.8 Å². The normalized spacial score (nSPS) is 25.8. The fraction of sp³-hybridized carbons (Fsp3) is 0.571. The lowest BCUT2D eigenvalue weighted by atomic mass is 9.91. The first-order valence-corrected chi connectivity index (χ1v) is 6.03. The van der Waals surface area contributed by atoms with Crippen LogP contribution in [-0.2, 0) is 0 Å². The lowest BCUT2D eigenvalue weighted by Gasteiger charge is -2.49. The minimum Gasteiger partial charge on any atom is -0.356 e. The predicted molar refractivity (Wildman–Crippen MR) is 69.7 cm³/mol. The number of benzene rings is 1. The molecule has 2 heteroatoms. The summed E-state index contributed by atoms with van der Waals surface area (Å²) >= 11 is 0. The van der Waals surface area contributed by atoms with Crippen LogP contribution in [0.5, 0.6) is 0 Å². The molecule has 0 spiro atoms. The summed E-state index contributed by atoms with van der Waals surface area (Å²) in [6, 6.07) is 11.3. The number of rotatable bonds is 1. The van der Waals surface area contributed by atoms with Gasteiger partial charge in [-0.1, -0.05) is 18.2 Å².